The quantitative estimate of drug-likeness (QED) is 0.644. The van der Waals surface area contributed by atoms with Gasteiger partial charge < -0.3 is 20.3 Å². The Morgan fingerprint density at radius 1 is 0.966 bits per heavy atom. The zero-order chi connectivity index (χ0) is 21.1. The molecule has 29 heavy (non-hydrogen) atoms. The number of anilines is 1. The predicted molar refractivity (Wildman–Crippen MR) is 112 cm³/mol. The van der Waals surface area contributed by atoms with Crippen molar-refractivity contribution in [2.24, 2.45) is 0 Å². The lowest BCUT2D eigenvalue weighted by Crippen LogP contribution is -2.43. The van der Waals surface area contributed by atoms with Gasteiger partial charge in [-0.3, -0.25) is 14.4 Å². The number of carbonyl (C=O) groups is 3. The molecule has 0 saturated heterocycles. The first kappa shape index (κ1) is 21.9. The largest absolute Gasteiger partial charge is 0.497 e. The maximum Gasteiger partial charge on any atom is 0.243 e. The number of methoxy groups -OCH3 is 1. The fourth-order valence-corrected chi connectivity index (χ4v) is 2.73. The molecule has 2 aromatic rings. The molecule has 7 heteroatoms. The first-order valence-corrected chi connectivity index (χ1v) is 9.54. The Balaban J connectivity index is 1.83. The molecule has 0 aliphatic carbocycles. The van der Waals surface area contributed by atoms with Crippen LogP contribution in [-0.2, 0) is 20.8 Å². The van der Waals surface area contributed by atoms with E-state index < -0.39 is 0 Å². The molecule has 3 amide bonds. The fraction of sp³-hybridized carbons (Fsp3) is 0.318. The first-order chi connectivity index (χ1) is 14.0. The van der Waals surface area contributed by atoms with E-state index in [0.717, 1.165) is 17.7 Å². The zero-order valence-electron chi connectivity index (χ0n) is 16.8. The topological polar surface area (TPSA) is 87.7 Å². The summed E-state index contributed by atoms with van der Waals surface area (Å²) in [6.07, 6.45) is 0.932. The fourth-order valence-electron chi connectivity index (χ4n) is 2.73. The van der Waals surface area contributed by atoms with Crippen molar-refractivity contribution in [2.75, 3.05) is 32.1 Å². The first-order valence-electron chi connectivity index (χ1n) is 9.54. The number of benzene rings is 2. The summed E-state index contributed by atoms with van der Waals surface area (Å²) in [5.74, 6) is -0.110. The van der Waals surface area contributed by atoms with Gasteiger partial charge in [0.05, 0.1) is 26.6 Å². The zero-order valence-corrected chi connectivity index (χ0v) is 16.8. The van der Waals surface area contributed by atoms with Gasteiger partial charge in [0.2, 0.25) is 17.7 Å². The lowest BCUT2D eigenvalue weighted by Gasteiger charge is -2.21. The second kappa shape index (κ2) is 11.5. The third-order valence-corrected chi connectivity index (χ3v) is 4.20. The van der Waals surface area contributed by atoms with Gasteiger partial charge in [-0.25, -0.2) is 0 Å². The van der Waals surface area contributed by atoms with Crippen LogP contribution in [0.4, 0.5) is 5.69 Å². The van der Waals surface area contributed by atoms with E-state index in [4.69, 9.17) is 4.74 Å². The molecule has 0 aliphatic heterocycles. The Kier molecular flexibility index (Phi) is 8.69. The lowest BCUT2D eigenvalue weighted by atomic mass is 10.1. The molecule has 0 heterocycles. The Morgan fingerprint density at radius 3 is 2.28 bits per heavy atom. The highest BCUT2D eigenvalue weighted by Crippen LogP contribution is 2.12. The number of ether oxygens (including phenoxy) is 1. The van der Waals surface area contributed by atoms with Gasteiger partial charge >= 0.3 is 0 Å². The molecule has 0 spiro atoms. The average molecular weight is 397 g/mol. The maximum atomic E-state index is 12.6. The Hall–Kier alpha value is -3.35. The van der Waals surface area contributed by atoms with E-state index in [9.17, 15) is 14.4 Å². The molecule has 0 bridgehead atoms. The standard InChI is InChI=1S/C22H27N3O4/c1-3-13-25(22(28)14-17-9-11-19(29-2)12-10-17)16-21(27)23-15-20(26)24-18-7-5-4-6-8-18/h4-12H,3,13-16H2,1-2H3,(H,23,27)(H,24,26). The maximum absolute atomic E-state index is 12.6. The van der Waals surface area contributed by atoms with Gasteiger partial charge in [-0.1, -0.05) is 37.3 Å². The number of nitrogens with zero attached hydrogens (tertiary/aromatic N) is 1. The van der Waals surface area contributed by atoms with E-state index in [-0.39, 0.29) is 37.2 Å². The molecular formula is C22H27N3O4. The molecular weight excluding hydrogens is 370 g/mol. The number of amides is 3. The minimum absolute atomic E-state index is 0.0819. The van der Waals surface area contributed by atoms with Crippen LogP contribution in [0.25, 0.3) is 0 Å². The Bertz CT molecular complexity index is 807. The van der Waals surface area contributed by atoms with Gasteiger partial charge in [0, 0.05) is 12.2 Å². The van der Waals surface area contributed by atoms with Crippen molar-refractivity contribution in [3.8, 4) is 5.75 Å². The van der Waals surface area contributed by atoms with E-state index >= 15 is 0 Å². The van der Waals surface area contributed by atoms with Gasteiger partial charge in [-0.15, -0.1) is 0 Å². The summed E-state index contributed by atoms with van der Waals surface area (Å²) in [5.41, 5.74) is 1.51. The van der Waals surface area contributed by atoms with Crippen LogP contribution in [0.3, 0.4) is 0 Å². The number of rotatable bonds is 10. The average Bonchev–Trinajstić information content (AvgIpc) is 2.73. The summed E-state index contributed by atoms with van der Waals surface area (Å²) in [4.78, 5) is 38.3. The van der Waals surface area contributed by atoms with Crippen LogP contribution in [0.15, 0.2) is 54.6 Å². The highest BCUT2D eigenvalue weighted by atomic mass is 16.5. The van der Waals surface area contributed by atoms with Gasteiger partial charge in [0.15, 0.2) is 0 Å². The number of carbonyl (C=O) groups excluding carboxylic acids is 3. The molecule has 154 valence electrons. The van der Waals surface area contributed by atoms with Crippen LogP contribution in [0.5, 0.6) is 5.75 Å². The van der Waals surface area contributed by atoms with Gasteiger partial charge in [-0.05, 0) is 36.2 Å². The molecule has 0 saturated carbocycles. The predicted octanol–water partition coefficient (Wildman–Crippen LogP) is 2.23. The highest BCUT2D eigenvalue weighted by molar-refractivity contribution is 5.95. The summed E-state index contributed by atoms with van der Waals surface area (Å²) in [6.45, 7) is 2.18. The van der Waals surface area contributed by atoms with Crippen molar-refractivity contribution in [3.05, 3.63) is 60.2 Å². The summed E-state index contributed by atoms with van der Waals surface area (Å²) >= 11 is 0. The molecule has 0 fully saturated rings. The Labute approximate surface area is 171 Å². The lowest BCUT2D eigenvalue weighted by molar-refractivity contribution is -0.135. The molecule has 0 atom stereocenters. The third-order valence-electron chi connectivity index (χ3n) is 4.20. The van der Waals surface area contributed by atoms with Crippen molar-refractivity contribution in [1.82, 2.24) is 10.2 Å². The van der Waals surface area contributed by atoms with Crippen molar-refractivity contribution in [2.45, 2.75) is 19.8 Å². The molecule has 2 aromatic carbocycles. The molecule has 0 aromatic heterocycles. The minimum atomic E-state index is -0.371. The number of hydrogen-bond donors (Lipinski definition) is 2. The highest BCUT2D eigenvalue weighted by Gasteiger charge is 2.17. The number of para-hydroxylation sites is 1. The van der Waals surface area contributed by atoms with E-state index in [1.54, 1.807) is 31.4 Å². The normalized spacial score (nSPS) is 10.1. The number of hydrogen-bond acceptors (Lipinski definition) is 4. The van der Waals surface area contributed by atoms with Crippen molar-refractivity contribution in [1.29, 1.82) is 0 Å². The van der Waals surface area contributed by atoms with Crippen LogP contribution in [0.2, 0.25) is 0 Å². The summed E-state index contributed by atoms with van der Waals surface area (Å²) < 4.78 is 5.12. The van der Waals surface area contributed by atoms with E-state index in [0.29, 0.717) is 12.2 Å². The molecule has 2 N–H and O–H groups in total. The van der Waals surface area contributed by atoms with Crippen LogP contribution in [-0.4, -0.2) is 49.4 Å². The van der Waals surface area contributed by atoms with Gasteiger partial charge in [-0.2, -0.15) is 0 Å². The monoisotopic (exact) mass is 397 g/mol. The van der Waals surface area contributed by atoms with Crippen molar-refractivity contribution < 1.29 is 19.1 Å². The molecule has 0 radical (unpaired) electrons. The summed E-state index contributed by atoms with van der Waals surface area (Å²) in [6, 6.07) is 16.2. The van der Waals surface area contributed by atoms with E-state index in [2.05, 4.69) is 10.6 Å². The molecule has 0 aliphatic rings. The van der Waals surface area contributed by atoms with Crippen LogP contribution >= 0.6 is 0 Å². The SMILES string of the molecule is CCCN(CC(=O)NCC(=O)Nc1ccccc1)C(=O)Cc1ccc(OC)cc1. The molecule has 0 unspecified atom stereocenters. The van der Waals surface area contributed by atoms with E-state index in [1.165, 1.54) is 4.90 Å². The summed E-state index contributed by atoms with van der Waals surface area (Å²) in [5, 5.41) is 5.26. The van der Waals surface area contributed by atoms with Crippen molar-refractivity contribution in [3.63, 3.8) is 0 Å². The minimum Gasteiger partial charge on any atom is -0.497 e. The van der Waals surface area contributed by atoms with Crippen molar-refractivity contribution >= 4 is 23.4 Å². The van der Waals surface area contributed by atoms with E-state index in [1.807, 2.05) is 37.3 Å². The summed E-state index contributed by atoms with van der Waals surface area (Å²) in [7, 11) is 1.59. The second-order valence-corrected chi connectivity index (χ2v) is 6.53. The third kappa shape index (κ3) is 7.65. The van der Waals surface area contributed by atoms with Crippen LogP contribution in [0.1, 0.15) is 18.9 Å². The van der Waals surface area contributed by atoms with Crippen LogP contribution in [0, 0.1) is 0 Å². The van der Waals surface area contributed by atoms with Gasteiger partial charge in [0.1, 0.15) is 5.75 Å². The van der Waals surface area contributed by atoms with Gasteiger partial charge in [0.25, 0.3) is 0 Å². The smallest absolute Gasteiger partial charge is 0.243 e. The number of nitrogens with one attached hydrogen (secondary N) is 2. The Morgan fingerprint density at radius 2 is 1.66 bits per heavy atom. The molecule has 2 rings (SSSR count). The molecule has 7 nitrogen and oxygen atoms in total. The van der Waals surface area contributed by atoms with Crippen LogP contribution < -0.4 is 15.4 Å². The second-order valence-electron chi connectivity index (χ2n) is 6.53.